The number of hydrogen-bond donors (Lipinski definition) is 2. The maximum atomic E-state index is 12.9. The number of aryl methyl sites for hydroxylation is 1. The van der Waals surface area contributed by atoms with Gasteiger partial charge in [0.15, 0.2) is 5.78 Å². The molecule has 2 heterocycles. The number of amides is 1. The van der Waals surface area contributed by atoms with Gasteiger partial charge in [-0.2, -0.15) is 5.26 Å². The molecule has 0 aliphatic rings. The van der Waals surface area contributed by atoms with E-state index in [1.54, 1.807) is 36.5 Å². The number of aromatic nitrogens is 3. The van der Waals surface area contributed by atoms with E-state index in [2.05, 4.69) is 26.3 Å². The normalized spacial score (nSPS) is 10.8. The van der Waals surface area contributed by atoms with Crippen LogP contribution in [0.1, 0.15) is 38.4 Å². The predicted molar refractivity (Wildman–Crippen MR) is 130 cm³/mol. The summed E-state index contributed by atoms with van der Waals surface area (Å²) in [6, 6.07) is 24.0. The first-order chi connectivity index (χ1) is 16.6. The number of fused-ring (bicyclic) bond motifs is 2. The van der Waals surface area contributed by atoms with Gasteiger partial charge in [-0.15, -0.1) is 0 Å². The van der Waals surface area contributed by atoms with E-state index in [1.807, 2.05) is 42.5 Å². The van der Waals surface area contributed by atoms with E-state index in [-0.39, 0.29) is 17.4 Å². The fourth-order valence-corrected chi connectivity index (χ4v) is 3.83. The molecule has 2 N–H and O–H groups in total. The van der Waals surface area contributed by atoms with Crippen molar-refractivity contribution in [2.75, 3.05) is 5.32 Å². The summed E-state index contributed by atoms with van der Waals surface area (Å²) >= 11 is 0. The van der Waals surface area contributed by atoms with Crippen molar-refractivity contribution in [1.29, 1.82) is 5.26 Å². The van der Waals surface area contributed by atoms with Crippen LogP contribution in [0.4, 0.5) is 5.95 Å². The molecule has 5 rings (SSSR count). The SMILES string of the molecule is N#Cc1ccc(CCC(=O)c2cccc3[nH]c(NC(=O)c4cc5ccccc5cn4)nc23)cc1. The number of nitriles is 1. The van der Waals surface area contributed by atoms with Crippen molar-refractivity contribution in [1.82, 2.24) is 15.0 Å². The Morgan fingerprint density at radius 2 is 1.76 bits per heavy atom. The molecule has 2 aromatic heterocycles. The molecule has 3 aromatic carbocycles. The number of carbonyl (C=O) groups is 2. The van der Waals surface area contributed by atoms with Crippen LogP contribution in [0.15, 0.2) is 79.0 Å². The minimum atomic E-state index is -0.390. The maximum Gasteiger partial charge on any atom is 0.276 e. The van der Waals surface area contributed by atoms with E-state index >= 15 is 0 Å². The molecule has 34 heavy (non-hydrogen) atoms. The maximum absolute atomic E-state index is 12.9. The van der Waals surface area contributed by atoms with Gasteiger partial charge >= 0.3 is 0 Å². The zero-order valence-electron chi connectivity index (χ0n) is 18.1. The summed E-state index contributed by atoms with van der Waals surface area (Å²) in [5.41, 5.74) is 3.51. The van der Waals surface area contributed by atoms with Gasteiger partial charge in [-0.25, -0.2) is 4.98 Å². The van der Waals surface area contributed by atoms with Crippen molar-refractivity contribution in [3.8, 4) is 6.07 Å². The number of anilines is 1. The standard InChI is InChI=1S/C27H19N5O2/c28-15-18-10-8-17(9-11-18)12-13-24(33)21-6-3-7-22-25(21)31-27(30-22)32-26(34)23-14-19-4-1-2-5-20(19)16-29-23/h1-11,14,16H,12-13H2,(H2,30,31,32,34). The fourth-order valence-electron chi connectivity index (χ4n) is 3.83. The largest absolute Gasteiger partial charge is 0.324 e. The minimum absolute atomic E-state index is 0.0458. The van der Waals surface area contributed by atoms with Crippen LogP contribution in [0, 0.1) is 11.3 Å². The minimum Gasteiger partial charge on any atom is -0.324 e. The average Bonchev–Trinajstić information content (AvgIpc) is 3.29. The molecule has 0 unspecified atom stereocenters. The van der Waals surface area contributed by atoms with Gasteiger partial charge < -0.3 is 4.98 Å². The Balaban J connectivity index is 1.33. The number of Topliss-reactive ketones (excluding diaryl/α,β-unsaturated/α-hetero) is 1. The van der Waals surface area contributed by atoms with E-state index < -0.39 is 5.91 Å². The van der Waals surface area contributed by atoms with Crippen LogP contribution in [0.2, 0.25) is 0 Å². The third-order valence-corrected chi connectivity index (χ3v) is 5.63. The van der Waals surface area contributed by atoms with Crippen LogP contribution in [0.3, 0.4) is 0 Å². The summed E-state index contributed by atoms with van der Waals surface area (Å²) in [6.07, 6.45) is 2.52. The Kier molecular flexibility index (Phi) is 5.55. The van der Waals surface area contributed by atoms with Crippen molar-refractivity contribution in [3.63, 3.8) is 0 Å². The van der Waals surface area contributed by atoms with Crippen LogP contribution < -0.4 is 5.32 Å². The number of nitrogens with zero attached hydrogens (tertiary/aromatic N) is 3. The van der Waals surface area contributed by atoms with Crippen molar-refractivity contribution < 1.29 is 9.59 Å². The van der Waals surface area contributed by atoms with Gasteiger partial charge in [0.25, 0.3) is 5.91 Å². The highest BCUT2D eigenvalue weighted by Crippen LogP contribution is 2.22. The molecule has 5 aromatic rings. The third kappa shape index (κ3) is 4.25. The van der Waals surface area contributed by atoms with Gasteiger partial charge in [0.1, 0.15) is 11.2 Å². The smallest absolute Gasteiger partial charge is 0.276 e. The zero-order valence-corrected chi connectivity index (χ0v) is 18.1. The molecule has 0 radical (unpaired) electrons. The molecule has 0 bridgehead atoms. The van der Waals surface area contributed by atoms with Gasteiger partial charge in [0, 0.05) is 23.6 Å². The van der Waals surface area contributed by atoms with Crippen LogP contribution >= 0.6 is 0 Å². The van der Waals surface area contributed by atoms with Gasteiger partial charge in [-0.1, -0.05) is 42.5 Å². The molecule has 164 valence electrons. The topological polar surface area (TPSA) is 112 Å². The zero-order chi connectivity index (χ0) is 23.5. The number of para-hydroxylation sites is 1. The number of ketones is 1. The van der Waals surface area contributed by atoms with Crippen LogP contribution in [-0.4, -0.2) is 26.6 Å². The van der Waals surface area contributed by atoms with Crippen molar-refractivity contribution in [2.45, 2.75) is 12.8 Å². The second-order valence-electron chi connectivity index (χ2n) is 7.89. The number of aromatic amines is 1. The first kappa shape index (κ1) is 21.0. The monoisotopic (exact) mass is 445 g/mol. The molecular weight excluding hydrogens is 426 g/mol. The van der Waals surface area contributed by atoms with Crippen molar-refractivity contribution in [3.05, 3.63) is 101 Å². The number of benzene rings is 3. The fraction of sp³-hybridized carbons (Fsp3) is 0.0741. The number of carbonyl (C=O) groups excluding carboxylic acids is 2. The number of H-pyrrole nitrogens is 1. The van der Waals surface area contributed by atoms with Crippen molar-refractivity contribution in [2.24, 2.45) is 0 Å². The highest BCUT2D eigenvalue weighted by atomic mass is 16.2. The lowest BCUT2D eigenvalue weighted by molar-refractivity contribution is 0.0982. The Bertz CT molecular complexity index is 1580. The van der Waals surface area contributed by atoms with Gasteiger partial charge in [-0.05, 0) is 47.7 Å². The first-order valence-electron chi connectivity index (χ1n) is 10.8. The van der Waals surface area contributed by atoms with E-state index in [0.29, 0.717) is 35.0 Å². The number of hydrogen-bond acceptors (Lipinski definition) is 5. The second kappa shape index (κ2) is 8.96. The molecule has 0 saturated carbocycles. The highest BCUT2D eigenvalue weighted by molar-refractivity contribution is 6.08. The number of pyridine rings is 1. The van der Waals surface area contributed by atoms with Gasteiger partial charge in [-0.3, -0.25) is 19.9 Å². The Labute approximate surface area is 195 Å². The van der Waals surface area contributed by atoms with Gasteiger partial charge in [0.05, 0.1) is 17.1 Å². The van der Waals surface area contributed by atoms with E-state index in [0.717, 1.165) is 16.3 Å². The first-order valence-corrected chi connectivity index (χ1v) is 10.8. The summed E-state index contributed by atoms with van der Waals surface area (Å²) in [6.45, 7) is 0. The molecule has 0 saturated heterocycles. The molecule has 0 aliphatic carbocycles. The summed E-state index contributed by atoms with van der Waals surface area (Å²) in [4.78, 5) is 37.4. The number of nitrogens with one attached hydrogen (secondary N) is 2. The lowest BCUT2D eigenvalue weighted by atomic mass is 10.0. The van der Waals surface area contributed by atoms with E-state index in [4.69, 9.17) is 5.26 Å². The second-order valence-corrected chi connectivity index (χ2v) is 7.89. The van der Waals surface area contributed by atoms with Crippen molar-refractivity contribution >= 4 is 39.4 Å². The van der Waals surface area contributed by atoms with Crippen LogP contribution in [0.25, 0.3) is 21.8 Å². The molecule has 7 nitrogen and oxygen atoms in total. The van der Waals surface area contributed by atoms with E-state index in [9.17, 15) is 9.59 Å². The molecule has 0 spiro atoms. The van der Waals surface area contributed by atoms with Gasteiger partial charge in [0.2, 0.25) is 5.95 Å². The third-order valence-electron chi connectivity index (χ3n) is 5.63. The molecule has 1 amide bonds. The highest BCUT2D eigenvalue weighted by Gasteiger charge is 2.16. The number of rotatable bonds is 6. The molecule has 0 atom stereocenters. The lowest BCUT2D eigenvalue weighted by Crippen LogP contribution is -2.14. The molecule has 7 heteroatoms. The lowest BCUT2D eigenvalue weighted by Gasteiger charge is -2.03. The Hall–Kier alpha value is -4.83. The molecular formula is C27H19N5O2. The quantitative estimate of drug-likeness (QED) is 0.355. The van der Waals surface area contributed by atoms with E-state index in [1.165, 1.54) is 0 Å². The molecule has 0 aliphatic heterocycles. The summed E-state index contributed by atoms with van der Waals surface area (Å²) in [5, 5.41) is 13.5. The summed E-state index contributed by atoms with van der Waals surface area (Å²) in [7, 11) is 0. The number of imidazole rings is 1. The summed E-state index contributed by atoms with van der Waals surface area (Å²) in [5.74, 6) is -0.184. The predicted octanol–water partition coefficient (Wildman–Crippen LogP) is 5.05. The average molecular weight is 445 g/mol. The van der Waals surface area contributed by atoms with Crippen LogP contribution in [-0.2, 0) is 6.42 Å². The molecule has 0 fully saturated rings. The summed E-state index contributed by atoms with van der Waals surface area (Å²) < 4.78 is 0. The Morgan fingerprint density at radius 1 is 0.971 bits per heavy atom. The Morgan fingerprint density at radius 3 is 2.56 bits per heavy atom. The van der Waals surface area contributed by atoms with Crippen LogP contribution in [0.5, 0.6) is 0 Å².